The lowest BCUT2D eigenvalue weighted by Crippen LogP contribution is -2.13. The van der Waals surface area contributed by atoms with Crippen LogP contribution in [0.4, 0.5) is 5.69 Å². The largest absolute Gasteiger partial charge is 0.480 e. The fourth-order valence-corrected chi connectivity index (χ4v) is 1.74. The highest BCUT2D eigenvalue weighted by Crippen LogP contribution is 2.20. The molecule has 0 radical (unpaired) electrons. The second kappa shape index (κ2) is 5.59. The van der Waals surface area contributed by atoms with Crippen molar-refractivity contribution in [1.29, 1.82) is 0 Å². The molecule has 6 heteroatoms. The molecular formula is C12H10BrN3O2. The van der Waals surface area contributed by atoms with Crippen molar-refractivity contribution in [2.45, 2.75) is 0 Å². The Balaban J connectivity index is 2.21. The second-order valence-electron chi connectivity index (χ2n) is 3.41. The topological polar surface area (TPSA) is 64.1 Å². The molecule has 0 unspecified atom stereocenters. The molecule has 0 spiro atoms. The zero-order valence-corrected chi connectivity index (χ0v) is 11.1. The number of nitrogens with zero attached hydrogens (tertiary/aromatic N) is 2. The van der Waals surface area contributed by atoms with E-state index < -0.39 is 0 Å². The van der Waals surface area contributed by atoms with Crippen LogP contribution in [0.25, 0.3) is 0 Å². The van der Waals surface area contributed by atoms with Gasteiger partial charge in [-0.25, -0.2) is 4.98 Å². The van der Waals surface area contributed by atoms with Crippen molar-refractivity contribution < 1.29 is 9.53 Å². The van der Waals surface area contributed by atoms with Crippen molar-refractivity contribution in [3.8, 4) is 5.88 Å². The van der Waals surface area contributed by atoms with Gasteiger partial charge in [0.1, 0.15) is 5.69 Å². The molecule has 5 nitrogen and oxygen atoms in total. The highest BCUT2D eigenvalue weighted by Gasteiger charge is 2.10. The van der Waals surface area contributed by atoms with Gasteiger partial charge in [-0.2, -0.15) is 0 Å². The first kappa shape index (κ1) is 12.5. The minimum atomic E-state index is -0.268. The Labute approximate surface area is 112 Å². The van der Waals surface area contributed by atoms with Gasteiger partial charge in [-0.15, -0.1) is 0 Å². The summed E-state index contributed by atoms with van der Waals surface area (Å²) in [5, 5.41) is 2.72. The van der Waals surface area contributed by atoms with Crippen LogP contribution >= 0.6 is 15.9 Å². The van der Waals surface area contributed by atoms with Gasteiger partial charge in [-0.1, -0.05) is 0 Å². The molecule has 0 atom stereocenters. The molecule has 0 aliphatic rings. The quantitative estimate of drug-likeness (QED) is 0.946. The SMILES string of the molecule is COc1ncccc1NC(=O)c1cncc(Br)c1. The smallest absolute Gasteiger partial charge is 0.257 e. The zero-order valence-electron chi connectivity index (χ0n) is 9.55. The number of aromatic nitrogens is 2. The van der Waals surface area contributed by atoms with Crippen molar-refractivity contribution in [2.24, 2.45) is 0 Å². The molecule has 1 amide bonds. The summed E-state index contributed by atoms with van der Waals surface area (Å²) in [5.74, 6) is 0.101. The number of hydrogen-bond acceptors (Lipinski definition) is 4. The van der Waals surface area contributed by atoms with Crippen LogP contribution in [0.1, 0.15) is 10.4 Å². The number of nitrogens with one attached hydrogen (secondary N) is 1. The Kier molecular flexibility index (Phi) is 3.88. The number of carbonyl (C=O) groups excluding carboxylic acids is 1. The summed E-state index contributed by atoms with van der Waals surface area (Å²) < 4.78 is 5.80. The molecule has 2 heterocycles. The van der Waals surface area contributed by atoms with Crippen molar-refractivity contribution >= 4 is 27.5 Å². The molecule has 1 N–H and O–H groups in total. The van der Waals surface area contributed by atoms with Crippen LogP contribution in [0.15, 0.2) is 41.3 Å². The number of rotatable bonds is 3. The van der Waals surface area contributed by atoms with E-state index in [0.29, 0.717) is 17.1 Å². The van der Waals surface area contributed by atoms with Gasteiger partial charge in [0, 0.05) is 23.1 Å². The van der Waals surface area contributed by atoms with E-state index in [1.54, 1.807) is 30.6 Å². The predicted molar refractivity (Wildman–Crippen MR) is 70.7 cm³/mol. The molecule has 0 saturated carbocycles. The van der Waals surface area contributed by atoms with E-state index in [2.05, 4.69) is 31.2 Å². The monoisotopic (exact) mass is 307 g/mol. The fraction of sp³-hybridized carbons (Fsp3) is 0.0833. The minimum absolute atomic E-state index is 0.268. The molecule has 2 aromatic heterocycles. The molecular weight excluding hydrogens is 298 g/mol. The number of ether oxygens (including phenoxy) is 1. The molecule has 92 valence electrons. The average molecular weight is 308 g/mol. The number of methoxy groups -OCH3 is 1. The van der Waals surface area contributed by atoms with Crippen LogP contribution in [-0.4, -0.2) is 23.0 Å². The van der Waals surface area contributed by atoms with Crippen LogP contribution in [0.3, 0.4) is 0 Å². The van der Waals surface area contributed by atoms with Crippen molar-refractivity contribution in [3.63, 3.8) is 0 Å². The zero-order chi connectivity index (χ0) is 13.0. The minimum Gasteiger partial charge on any atom is -0.480 e. The Morgan fingerprint density at radius 1 is 1.44 bits per heavy atom. The van der Waals surface area contributed by atoms with Gasteiger partial charge < -0.3 is 10.1 Å². The summed E-state index contributed by atoms with van der Waals surface area (Å²) in [7, 11) is 1.50. The van der Waals surface area contributed by atoms with Gasteiger partial charge in [-0.3, -0.25) is 9.78 Å². The highest BCUT2D eigenvalue weighted by atomic mass is 79.9. The molecule has 18 heavy (non-hydrogen) atoms. The molecule has 0 bridgehead atoms. The lowest BCUT2D eigenvalue weighted by molar-refractivity contribution is 0.102. The van der Waals surface area contributed by atoms with Crippen molar-refractivity contribution in [3.05, 3.63) is 46.8 Å². The van der Waals surface area contributed by atoms with Gasteiger partial charge in [0.05, 0.1) is 12.7 Å². The third kappa shape index (κ3) is 2.84. The number of anilines is 1. The maximum absolute atomic E-state index is 12.0. The first-order valence-electron chi connectivity index (χ1n) is 5.11. The van der Waals surface area contributed by atoms with E-state index in [9.17, 15) is 4.79 Å². The molecule has 0 fully saturated rings. The molecule has 0 aromatic carbocycles. The van der Waals surface area contributed by atoms with Gasteiger partial charge in [0.2, 0.25) is 5.88 Å². The lowest BCUT2D eigenvalue weighted by Gasteiger charge is -2.08. The maximum atomic E-state index is 12.0. The van der Waals surface area contributed by atoms with Gasteiger partial charge in [0.25, 0.3) is 5.91 Å². The number of carbonyl (C=O) groups is 1. The third-order valence-electron chi connectivity index (χ3n) is 2.18. The number of hydrogen-bond donors (Lipinski definition) is 1. The average Bonchev–Trinajstić information content (AvgIpc) is 2.39. The van der Waals surface area contributed by atoms with Gasteiger partial charge in [-0.05, 0) is 34.1 Å². The summed E-state index contributed by atoms with van der Waals surface area (Å²) in [6.07, 6.45) is 4.69. The molecule has 0 aliphatic carbocycles. The summed E-state index contributed by atoms with van der Waals surface area (Å²) in [6.45, 7) is 0. The van der Waals surface area contributed by atoms with Crippen molar-refractivity contribution in [1.82, 2.24) is 9.97 Å². The van der Waals surface area contributed by atoms with Crippen LogP contribution in [0.5, 0.6) is 5.88 Å². The Morgan fingerprint density at radius 2 is 2.28 bits per heavy atom. The van der Waals surface area contributed by atoms with E-state index in [1.807, 2.05) is 0 Å². The Morgan fingerprint density at radius 3 is 3.00 bits per heavy atom. The van der Waals surface area contributed by atoms with Crippen molar-refractivity contribution in [2.75, 3.05) is 12.4 Å². The van der Waals surface area contributed by atoms with E-state index >= 15 is 0 Å². The predicted octanol–water partition coefficient (Wildman–Crippen LogP) is 2.50. The maximum Gasteiger partial charge on any atom is 0.257 e. The van der Waals surface area contributed by atoms with Gasteiger partial charge >= 0.3 is 0 Å². The van der Waals surface area contributed by atoms with Gasteiger partial charge in [0.15, 0.2) is 0 Å². The van der Waals surface area contributed by atoms with E-state index in [0.717, 1.165) is 4.47 Å². The number of amides is 1. The fourth-order valence-electron chi connectivity index (χ4n) is 1.38. The van der Waals surface area contributed by atoms with Crippen LogP contribution < -0.4 is 10.1 Å². The third-order valence-corrected chi connectivity index (χ3v) is 2.61. The summed E-state index contributed by atoms with van der Waals surface area (Å²) in [6, 6.07) is 5.12. The normalized spacial score (nSPS) is 9.89. The standard InChI is InChI=1S/C12H10BrN3O2/c1-18-12-10(3-2-4-15-12)16-11(17)8-5-9(13)7-14-6-8/h2-7H,1H3,(H,16,17). The summed E-state index contributed by atoms with van der Waals surface area (Å²) in [4.78, 5) is 19.9. The molecule has 0 aliphatic heterocycles. The van der Waals surface area contributed by atoms with E-state index in [4.69, 9.17) is 4.74 Å². The van der Waals surface area contributed by atoms with E-state index in [-0.39, 0.29) is 5.91 Å². The molecule has 2 rings (SSSR count). The second-order valence-corrected chi connectivity index (χ2v) is 4.32. The summed E-state index contributed by atoms with van der Waals surface area (Å²) >= 11 is 3.26. The highest BCUT2D eigenvalue weighted by molar-refractivity contribution is 9.10. The number of pyridine rings is 2. The van der Waals surface area contributed by atoms with Crippen LogP contribution in [0.2, 0.25) is 0 Å². The van der Waals surface area contributed by atoms with E-state index in [1.165, 1.54) is 13.3 Å². The molecule has 2 aromatic rings. The first-order chi connectivity index (χ1) is 8.70. The molecule has 0 saturated heterocycles. The Bertz CT molecular complexity index is 575. The van der Waals surface area contributed by atoms with Crippen LogP contribution in [-0.2, 0) is 0 Å². The summed E-state index contributed by atoms with van der Waals surface area (Å²) in [5.41, 5.74) is 0.972. The lowest BCUT2D eigenvalue weighted by atomic mass is 10.2. The first-order valence-corrected chi connectivity index (χ1v) is 5.91. The Hall–Kier alpha value is -1.95. The number of halogens is 1. The van der Waals surface area contributed by atoms with Crippen LogP contribution in [0, 0.1) is 0 Å².